The normalized spacial score (nSPS) is 17.6. The fraction of sp³-hybridized carbons (Fsp3) is 0.333. The Morgan fingerprint density at radius 3 is 2.62 bits per heavy atom. The molecule has 0 aliphatic carbocycles. The van der Waals surface area contributed by atoms with E-state index in [-0.39, 0.29) is 35.8 Å². The lowest BCUT2D eigenvalue weighted by molar-refractivity contribution is 0.596. The van der Waals surface area contributed by atoms with Crippen LogP contribution in [0, 0.1) is 0 Å². The number of hydrogen-bond donors (Lipinski definition) is 1. The van der Waals surface area contributed by atoms with E-state index in [1.807, 2.05) is 20.8 Å². The van der Waals surface area contributed by atoms with Crippen LogP contribution in [0.1, 0.15) is 33.2 Å². The molecule has 1 aromatic carbocycles. The highest BCUT2D eigenvalue weighted by Crippen LogP contribution is 2.29. The zero-order valence-electron chi connectivity index (χ0n) is 13.0. The summed E-state index contributed by atoms with van der Waals surface area (Å²) in [7, 11) is 0. The largest absolute Gasteiger partial charge is 0.361 e. The standard InChI is InChI=1S/C12H15N/c1-12(2,3)10-8-13-11-7-5-4-6-9(10)11/h4-8,13H,1-3H3/i4D,5D,6D,7D,8D. The van der Waals surface area contributed by atoms with E-state index in [1.165, 1.54) is 0 Å². The van der Waals surface area contributed by atoms with Crippen molar-refractivity contribution in [1.29, 1.82) is 0 Å². The minimum absolute atomic E-state index is 0.0781. The van der Waals surface area contributed by atoms with Gasteiger partial charge in [-0.3, -0.25) is 0 Å². The third-order valence-electron chi connectivity index (χ3n) is 2.00. The van der Waals surface area contributed by atoms with Gasteiger partial charge in [-0.1, -0.05) is 38.9 Å². The van der Waals surface area contributed by atoms with Crippen LogP contribution in [0.5, 0.6) is 0 Å². The van der Waals surface area contributed by atoms with E-state index in [1.54, 1.807) is 0 Å². The van der Waals surface area contributed by atoms with Crippen molar-refractivity contribution in [2.45, 2.75) is 26.2 Å². The summed E-state index contributed by atoms with van der Waals surface area (Å²) in [6.45, 7) is 5.78. The number of nitrogens with one attached hydrogen (secondary N) is 1. The molecule has 0 fully saturated rings. The lowest BCUT2D eigenvalue weighted by Gasteiger charge is -2.17. The quantitative estimate of drug-likeness (QED) is 0.636. The molecule has 0 amide bonds. The number of rotatable bonds is 0. The van der Waals surface area contributed by atoms with Crippen LogP contribution >= 0.6 is 0 Å². The molecule has 0 saturated heterocycles. The molecule has 68 valence electrons. The highest BCUT2D eigenvalue weighted by molar-refractivity contribution is 5.84. The van der Waals surface area contributed by atoms with Gasteiger partial charge in [0.25, 0.3) is 0 Å². The first-order chi connectivity index (χ1) is 8.16. The van der Waals surface area contributed by atoms with Gasteiger partial charge >= 0.3 is 0 Å². The van der Waals surface area contributed by atoms with E-state index in [9.17, 15) is 0 Å². The summed E-state index contributed by atoms with van der Waals surface area (Å²) in [5.74, 6) is 0. The zero-order chi connectivity index (χ0) is 13.8. The highest BCUT2D eigenvalue weighted by atomic mass is 14.7. The van der Waals surface area contributed by atoms with Gasteiger partial charge in [-0.2, -0.15) is 0 Å². The van der Waals surface area contributed by atoms with E-state index in [2.05, 4.69) is 4.98 Å². The molecule has 0 aliphatic rings. The Kier molecular flexibility index (Phi) is 0.872. The first kappa shape index (κ1) is 4.32. The topological polar surface area (TPSA) is 15.8 Å². The third kappa shape index (κ3) is 1.35. The van der Waals surface area contributed by atoms with Crippen LogP contribution in [0.2, 0.25) is 0 Å². The first-order valence-corrected chi connectivity index (χ1v) is 4.25. The number of H-pyrrole nitrogens is 1. The summed E-state index contributed by atoms with van der Waals surface area (Å²) in [6.07, 6.45) is 0.157. The lowest BCUT2D eigenvalue weighted by Crippen LogP contribution is -2.09. The van der Waals surface area contributed by atoms with Crippen molar-refractivity contribution in [1.82, 2.24) is 4.98 Å². The summed E-state index contributed by atoms with van der Waals surface area (Å²) in [6, 6.07) is -0.716. The molecule has 0 bridgehead atoms. The summed E-state index contributed by atoms with van der Waals surface area (Å²) in [4.78, 5) is 2.77. The number of aromatic amines is 1. The summed E-state index contributed by atoms with van der Waals surface area (Å²) < 4.78 is 39.1. The van der Waals surface area contributed by atoms with Gasteiger partial charge < -0.3 is 4.98 Å². The zero-order valence-corrected chi connectivity index (χ0v) is 8.00. The number of fused-ring (bicyclic) bond motifs is 1. The van der Waals surface area contributed by atoms with Crippen molar-refractivity contribution in [3.8, 4) is 0 Å². The average Bonchev–Trinajstić information content (AvgIpc) is 2.61. The van der Waals surface area contributed by atoms with Crippen LogP contribution < -0.4 is 0 Å². The van der Waals surface area contributed by atoms with Crippen molar-refractivity contribution in [3.05, 3.63) is 35.9 Å². The van der Waals surface area contributed by atoms with Crippen LogP contribution in [0.15, 0.2) is 30.3 Å². The summed E-state index contributed by atoms with van der Waals surface area (Å²) in [5.41, 5.74) is 0.591. The van der Waals surface area contributed by atoms with Gasteiger partial charge in [0.2, 0.25) is 0 Å². The van der Waals surface area contributed by atoms with Crippen molar-refractivity contribution in [3.63, 3.8) is 0 Å². The predicted octanol–water partition coefficient (Wildman–Crippen LogP) is 3.47. The van der Waals surface area contributed by atoms with Gasteiger partial charge in [0.15, 0.2) is 0 Å². The number of aromatic nitrogens is 1. The minimum atomic E-state index is -0.354. The summed E-state index contributed by atoms with van der Waals surface area (Å²) >= 11 is 0. The second-order valence-corrected chi connectivity index (χ2v) is 4.12. The molecule has 1 aromatic heterocycles. The first-order valence-electron chi connectivity index (χ1n) is 6.75. The molecule has 1 heteroatoms. The molecule has 0 unspecified atom stereocenters. The summed E-state index contributed by atoms with van der Waals surface area (Å²) in [5, 5.41) is 0.429. The van der Waals surface area contributed by atoms with E-state index in [0.717, 1.165) is 0 Å². The number of para-hydroxylation sites is 1. The third-order valence-corrected chi connectivity index (χ3v) is 2.00. The Bertz CT molecular complexity index is 636. The van der Waals surface area contributed by atoms with Crippen molar-refractivity contribution < 1.29 is 6.85 Å². The maximum absolute atomic E-state index is 7.97. The van der Waals surface area contributed by atoms with Gasteiger partial charge in [-0.15, -0.1) is 0 Å². The highest BCUT2D eigenvalue weighted by Gasteiger charge is 2.17. The minimum Gasteiger partial charge on any atom is -0.361 e. The van der Waals surface area contributed by atoms with Crippen molar-refractivity contribution in [2.24, 2.45) is 0 Å². The van der Waals surface area contributed by atoms with Crippen LogP contribution in [-0.2, 0) is 5.41 Å². The molecule has 0 spiro atoms. The second kappa shape index (κ2) is 2.63. The van der Waals surface area contributed by atoms with Crippen LogP contribution in [-0.4, -0.2) is 4.98 Å². The van der Waals surface area contributed by atoms with Crippen LogP contribution in [0.25, 0.3) is 10.9 Å². The molecule has 1 N–H and O–H groups in total. The molecule has 1 nitrogen and oxygen atoms in total. The van der Waals surface area contributed by atoms with Gasteiger partial charge in [0.1, 0.15) is 0 Å². The SMILES string of the molecule is [2H]c1[nH]c2c([2H])c([2H])c([2H])c([2H])c2c1C(C)(C)C. The molecular formula is C12H15N. The molecule has 1 heterocycles. The molecule has 0 radical (unpaired) electrons. The van der Waals surface area contributed by atoms with Gasteiger partial charge in [0.05, 0.1) is 6.85 Å². The van der Waals surface area contributed by atoms with E-state index in [4.69, 9.17) is 6.85 Å². The average molecular weight is 178 g/mol. The molecule has 0 saturated carbocycles. The lowest BCUT2D eigenvalue weighted by atomic mass is 9.87. The van der Waals surface area contributed by atoms with Crippen molar-refractivity contribution in [2.75, 3.05) is 0 Å². The van der Waals surface area contributed by atoms with Gasteiger partial charge in [-0.25, -0.2) is 0 Å². The Morgan fingerprint density at radius 1 is 1.23 bits per heavy atom. The fourth-order valence-electron chi connectivity index (χ4n) is 1.34. The maximum atomic E-state index is 7.97. The monoisotopic (exact) mass is 178 g/mol. The molecule has 2 rings (SSSR count). The van der Waals surface area contributed by atoms with Crippen molar-refractivity contribution >= 4 is 10.9 Å². The Morgan fingerprint density at radius 2 is 1.92 bits per heavy atom. The number of hydrogen-bond acceptors (Lipinski definition) is 0. The maximum Gasteiger partial charge on any atom is 0.0819 e. The Balaban J connectivity index is 3.04. The molecular weight excluding hydrogens is 158 g/mol. The predicted molar refractivity (Wildman–Crippen MR) is 57.0 cm³/mol. The Labute approximate surface area is 85.8 Å². The van der Waals surface area contributed by atoms with E-state index in [0.29, 0.717) is 16.5 Å². The van der Waals surface area contributed by atoms with Gasteiger partial charge in [-0.05, 0) is 17.0 Å². The van der Waals surface area contributed by atoms with Crippen LogP contribution in [0.3, 0.4) is 0 Å². The molecule has 2 aromatic rings. The van der Waals surface area contributed by atoms with E-state index < -0.39 is 0 Å². The van der Waals surface area contributed by atoms with Gasteiger partial charge in [0, 0.05) is 17.1 Å². The smallest absolute Gasteiger partial charge is 0.0819 e. The molecule has 0 aliphatic heterocycles. The molecule has 0 atom stereocenters. The van der Waals surface area contributed by atoms with E-state index >= 15 is 0 Å². The molecule has 13 heavy (non-hydrogen) atoms. The Hall–Kier alpha value is -1.24. The number of benzene rings is 1. The fourth-order valence-corrected chi connectivity index (χ4v) is 1.34. The second-order valence-electron chi connectivity index (χ2n) is 4.12. The van der Waals surface area contributed by atoms with Crippen LogP contribution in [0.4, 0.5) is 0 Å².